The maximum atomic E-state index is 5.91. The maximum absolute atomic E-state index is 5.91. The van der Waals surface area contributed by atoms with E-state index in [1.807, 2.05) is 49.5 Å². The van der Waals surface area contributed by atoms with E-state index in [2.05, 4.69) is 27.3 Å². The summed E-state index contributed by atoms with van der Waals surface area (Å²) in [4.78, 5) is 6.71. The van der Waals surface area contributed by atoms with E-state index < -0.39 is 0 Å². The van der Waals surface area contributed by atoms with E-state index in [0.29, 0.717) is 25.7 Å². The number of halogens is 1. The molecule has 1 heterocycles. The Kier molecular flexibility index (Phi) is 10.8. The SMILES string of the molecule is CN=C(NCCOc1ccc(OC)cc1)N1CCC(COCc2ccccc2)C1.I. The maximum Gasteiger partial charge on any atom is 0.193 e. The van der Waals surface area contributed by atoms with Crippen molar-refractivity contribution < 1.29 is 14.2 Å². The molecule has 1 atom stereocenters. The van der Waals surface area contributed by atoms with Crippen molar-refractivity contribution in [3.63, 3.8) is 0 Å². The summed E-state index contributed by atoms with van der Waals surface area (Å²) < 4.78 is 16.8. The molecular formula is C23H32IN3O3. The Hall–Kier alpha value is -2.00. The third-order valence-electron chi connectivity index (χ3n) is 4.98. The number of hydrogen-bond acceptors (Lipinski definition) is 4. The molecule has 0 bridgehead atoms. The highest BCUT2D eigenvalue weighted by Crippen LogP contribution is 2.18. The molecule has 1 fully saturated rings. The predicted octanol–water partition coefficient (Wildman–Crippen LogP) is 3.81. The number of guanidine groups is 1. The number of rotatable bonds is 9. The summed E-state index contributed by atoms with van der Waals surface area (Å²) in [6.45, 7) is 4.69. The van der Waals surface area contributed by atoms with Gasteiger partial charge >= 0.3 is 0 Å². The second-order valence-corrected chi connectivity index (χ2v) is 7.10. The first-order chi connectivity index (χ1) is 14.3. The summed E-state index contributed by atoms with van der Waals surface area (Å²) >= 11 is 0. The van der Waals surface area contributed by atoms with E-state index >= 15 is 0 Å². The van der Waals surface area contributed by atoms with E-state index in [9.17, 15) is 0 Å². The average Bonchev–Trinajstić information content (AvgIpc) is 3.23. The third kappa shape index (κ3) is 7.68. The minimum atomic E-state index is 0. The Morgan fingerprint density at radius 1 is 1.10 bits per heavy atom. The smallest absolute Gasteiger partial charge is 0.193 e. The first-order valence-corrected chi connectivity index (χ1v) is 10.1. The van der Waals surface area contributed by atoms with Crippen LogP contribution in [0.15, 0.2) is 59.6 Å². The summed E-state index contributed by atoms with van der Waals surface area (Å²) in [5.74, 6) is 3.12. The van der Waals surface area contributed by atoms with Crippen molar-refractivity contribution in [1.29, 1.82) is 0 Å². The first-order valence-electron chi connectivity index (χ1n) is 10.1. The number of nitrogens with one attached hydrogen (secondary N) is 1. The Bertz CT molecular complexity index is 756. The standard InChI is InChI=1S/C23H31N3O3.HI/c1-24-23(25-13-15-29-22-10-8-21(27-2)9-11-22)26-14-12-20(16-26)18-28-17-19-6-4-3-5-7-19;/h3-11,20H,12-18H2,1-2H3,(H,24,25);1H. The van der Waals surface area contributed by atoms with Gasteiger partial charge in [-0.1, -0.05) is 30.3 Å². The zero-order valence-corrected chi connectivity index (χ0v) is 20.1. The molecule has 0 radical (unpaired) electrons. The molecule has 2 aromatic carbocycles. The van der Waals surface area contributed by atoms with Crippen molar-refractivity contribution in [2.75, 3.05) is 47.0 Å². The lowest BCUT2D eigenvalue weighted by Gasteiger charge is -2.21. The van der Waals surface area contributed by atoms with Crippen molar-refractivity contribution in [3.05, 3.63) is 60.2 Å². The van der Waals surface area contributed by atoms with Crippen LogP contribution in [0, 0.1) is 5.92 Å². The molecule has 1 N–H and O–H groups in total. The number of nitrogens with zero attached hydrogens (tertiary/aromatic N) is 2. The number of hydrogen-bond donors (Lipinski definition) is 1. The Balaban J connectivity index is 0.00000320. The second-order valence-electron chi connectivity index (χ2n) is 7.10. The van der Waals surface area contributed by atoms with Crippen molar-refractivity contribution >= 4 is 29.9 Å². The fourth-order valence-corrected chi connectivity index (χ4v) is 3.41. The number of benzene rings is 2. The van der Waals surface area contributed by atoms with Crippen LogP contribution in [0.25, 0.3) is 0 Å². The monoisotopic (exact) mass is 525 g/mol. The molecule has 3 rings (SSSR count). The summed E-state index contributed by atoms with van der Waals surface area (Å²) in [7, 11) is 3.48. The van der Waals surface area contributed by atoms with Crippen LogP contribution < -0.4 is 14.8 Å². The molecule has 0 amide bonds. The normalized spacial score (nSPS) is 16.1. The van der Waals surface area contributed by atoms with Crippen LogP contribution in [0.3, 0.4) is 0 Å². The molecule has 1 aliphatic rings. The number of ether oxygens (including phenoxy) is 3. The fourth-order valence-electron chi connectivity index (χ4n) is 3.41. The van der Waals surface area contributed by atoms with Crippen molar-refractivity contribution in [3.8, 4) is 11.5 Å². The van der Waals surface area contributed by atoms with Gasteiger partial charge < -0.3 is 24.4 Å². The van der Waals surface area contributed by atoms with Crippen LogP contribution in [-0.4, -0.2) is 57.9 Å². The molecule has 0 aromatic heterocycles. The van der Waals surface area contributed by atoms with Crippen LogP contribution in [0.1, 0.15) is 12.0 Å². The first kappa shape index (κ1) is 24.3. The molecule has 2 aromatic rings. The molecule has 7 heteroatoms. The predicted molar refractivity (Wildman–Crippen MR) is 131 cm³/mol. The third-order valence-corrected chi connectivity index (χ3v) is 4.98. The van der Waals surface area contributed by atoms with E-state index in [0.717, 1.165) is 43.6 Å². The van der Waals surface area contributed by atoms with E-state index in [-0.39, 0.29) is 24.0 Å². The highest BCUT2D eigenvalue weighted by Gasteiger charge is 2.24. The molecule has 1 aliphatic heterocycles. The van der Waals surface area contributed by atoms with Crippen molar-refractivity contribution in [2.24, 2.45) is 10.9 Å². The van der Waals surface area contributed by atoms with Gasteiger partial charge in [0.15, 0.2) is 5.96 Å². The van der Waals surface area contributed by atoms with Crippen molar-refractivity contribution in [1.82, 2.24) is 10.2 Å². The zero-order chi connectivity index (χ0) is 20.3. The lowest BCUT2D eigenvalue weighted by atomic mass is 10.1. The summed E-state index contributed by atoms with van der Waals surface area (Å²) in [5, 5.41) is 3.39. The second kappa shape index (κ2) is 13.3. The van der Waals surface area contributed by atoms with Gasteiger partial charge in [-0.3, -0.25) is 4.99 Å². The molecule has 0 spiro atoms. The van der Waals surface area contributed by atoms with E-state index in [1.165, 1.54) is 5.56 Å². The van der Waals surface area contributed by atoms with Gasteiger partial charge in [0.2, 0.25) is 0 Å². The molecule has 1 unspecified atom stereocenters. The van der Waals surface area contributed by atoms with Gasteiger partial charge in [0.05, 0.1) is 26.9 Å². The summed E-state index contributed by atoms with van der Waals surface area (Å²) in [6.07, 6.45) is 1.12. The van der Waals surface area contributed by atoms with E-state index in [4.69, 9.17) is 14.2 Å². The Morgan fingerprint density at radius 3 is 2.53 bits per heavy atom. The highest BCUT2D eigenvalue weighted by atomic mass is 127. The molecule has 30 heavy (non-hydrogen) atoms. The average molecular weight is 525 g/mol. The molecule has 6 nitrogen and oxygen atoms in total. The van der Waals surface area contributed by atoms with E-state index in [1.54, 1.807) is 7.11 Å². The molecule has 1 saturated heterocycles. The van der Waals surface area contributed by atoms with Crippen LogP contribution in [-0.2, 0) is 11.3 Å². The van der Waals surface area contributed by atoms with Gasteiger partial charge in [0.25, 0.3) is 0 Å². The van der Waals surface area contributed by atoms with Gasteiger partial charge in [-0.15, -0.1) is 24.0 Å². The topological polar surface area (TPSA) is 55.3 Å². The van der Waals surface area contributed by atoms with Gasteiger partial charge in [-0.25, -0.2) is 0 Å². The molecule has 0 saturated carbocycles. The summed E-state index contributed by atoms with van der Waals surface area (Å²) in [6, 6.07) is 17.9. The van der Waals surface area contributed by atoms with Gasteiger partial charge in [0.1, 0.15) is 18.1 Å². The Morgan fingerprint density at radius 2 is 1.83 bits per heavy atom. The number of likely N-dealkylation sites (tertiary alicyclic amines) is 1. The van der Waals surface area contributed by atoms with Gasteiger partial charge in [0, 0.05) is 26.1 Å². The molecular weight excluding hydrogens is 493 g/mol. The van der Waals surface area contributed by atoms with Crippen molar-refractivity contribution in [2.45, 2.75) is 13.0 Å². The van der Waals surface area contributed by atoms with Crippen LogP contribution in [0.2, 0.25) is 0 Å². The highest BCUT2D eigenvalue weighted by molar-refractivity contribution is 14.0. The Labute approximate surface area is 196 Å². The number of methoxy groups -OCH3 is 1. The lowest BCUT2D eigenvalue weighted by Crippen LogP contribution is -2.41. The zero-order valence-electron chi connectivity index (χ0n) is 17.8. The molecule has 0 aliphatic carbocycles. The summed E-state index contributed by atoms with van der Waals surface area (Å²) in [5.41, 5.74) is 1.22. The van der Waals surface area contributed by atoms with Crippen LogP contribution >= 0.6 is 24.0 Å². The van der Waals surface area contributed by atoms with Crippen LogP contribution in [0.5, 0.6) is 11.5 Å². The largest absolute Gasteiger partial charge is 0.497 e. The van der Waals surface area contributed by atoms with Gasteiger partial charge in [-0.05, 0) is 36.2 Å². The number of aliphatic imine (C=N–C) groups is 1. The molecule has 164 valence electrons. The van der Waals surface area contributed by atoms with Crippen LogP contribution in [0.4, 0.5) is 0 Å². The minimum absolute atomic E-state index is 0. The fraction of sp³-hybridized carbons (Fsp3) is 0.435. The minimum Gasteiger partial charge on any atom is -0.497 e. The van der Waals surface area contributed by atoms with Gasteiger partial charge in [-0.2, -0.15) is 0 Å². The lowest BCUT2D eigenvalue weighted by molar-refractivity contribution is 0.0906. The quantitative estimate of drug-likeness (QED) is 0.234.